The van der Waals surface area contributed by atoms with Gasteiger partial charge in [0.25, 0.3) is 0 Å². The van der Waals surface area contributed by atoms with Crippen molar-refractivity contribution in [3.63, 3.8) is 0 Å². The maximum absolute atomic E-state index is 5.84. The van der Waals surface area contributed by atoms with Crippen molar-refractivity contribution in [3.8, 4) is 11.1 Å². The molecule has 0 bridgehead atoms. The van der Waals surface area contributed by atoms with Crippen LogP contribution in [0.2, 0.25) is 0 Å². The Morgan fingerprint density at radius 3 is 1.40 bits per heavy atom. The summed E-state index contributed by atoms with van der Waals surface area (Å²) in [4.78, 5) is 2.36. The van der Waals surface area contributed by atoms with Crippen molar-refractivity contribution < 1.29 is 0 Å². The molecular weight excluding hydrogens is 364 g/mol. The Kier molecular flexibility index (Phi) is 5.33. The smallest absolute Gasteiger partial charge is 0.0491 e. The Morgan fingerprint density at radius 1 is 0.533 bits per heavy atom. The van der Waals surface area contributed by atoms with E-state index in [1.54, 1.807) is 0 Å². The molecule has 2 N–H and O–H groups in total. The minimum absolute atomic E-state index is 0.784. The molecule has 0 fully saturated rings. The largest absolute Gasteiger partial charge is 0.399 e. The second kappa shape index (κ2) is 8.08. The molecular formula is C28H28N2. The third-order valence-electron chi connectivity index (χ3n) is 5.56. The summed E-state index contributed by atoms with van der Waals surface area (Å²) < 4.78 is 0. The maximum atomic E-state index is 5.84. The monoisotopic (exact) mass is 392 g/mol. The minimum atomic E-state index is 0.784. The van der Waals surface area contributed by atoms with Crippen LogP contribution in [0.5, 0.6) is 0 Å². The first-order chi connectivity index (χ1) is 14.4. The Bertz CT molecular complexity index is 1120. The molecule has 0 amide bonds. The zero-order valence-electron chi connectivity index (χ0n) is 18.1. The standard InChI is InChI=1S/C28H28N2/c1-19-5-15-27(21(3)17-19)30(28-16-6-20(2)18-22(28)4)26-13-9-24(10-14-26)23-7-11-25(29)12-8-23/h5-18H,29H2,1-4H3. The van der Waals surface area contributed by atoms with Crippen LogP contribution < -0.4 is 10.6 Å². The van der Waals surface area contributed by atoms with Gasteiger partial charge in [-0.15, -0.1) is 0 Å². The highest BCUT2D eigenvalue weighted by molar-refractivity contribution is 5.81. The van der Waals surface area contributed by atoms with Crippen molar-refractivity contribution in [1.82, 2.24) is 0 Å². The molecule has 4 rings (SSSR count). The number of nitrogens with zero attached hydrogens (tertiary/aromatic N) is 1. The highest BCUT2D eigenvalue weighted by Gasteiger charge is 2.16. The van der Waals surface area contributed by atoms with Gasteiger partial charge < -0.3 is 10.6 Å². The van der Waals surface area contributed by atoms with Crippen LogP contribution in [0.1, 0.15) is 22.3 Å². The van der Waals surface area contributed by atoms with Crippen LogP contribution in [0.25, 0.3) is 11.1 Å². The van der Waals surface area contributed by atoms with Gasteiger partial charge in [-0.2, -0.15) is 0 Å². The third kappa shape index (κ3) is 3.95. The molecule has 0 atom stereocenters. The second-order valence-corrected chi connectivity index (χ2v) is 8.08. The van der Waals surface area contributed by atoms with E-state index in [9.17, 15) is 0 Å². The van der Waals surface area contributed by atoms with E-state index in [1.807, 2.05) is 12.1 Å². The summed E-state index contributed by atoms with van der Waals surface area (Å²) in [6, 6.07) is 30.1. The molecule has 150 valence electrons. The average molecular weight is 393 g/mol. The number of hydrogen-bond donors (Lipinski definition) is 1. The molecule has 0 heterocycles. The summed E-state index contributed by atoms with van der Waals surface area (Å²) in [7, 11) is 0. The first-order valence-corrected chi connectivity index (χ1v) is 10.3. The number of aryl methyl sites for hydroxylation is 4. The number of nitrogens with two attached hydrogens (primary N) is 1. The maximum Gasteiger partial charge on any atom is 0.0491 e. The van der Waals surface area contributed by atoms with Gasteiger partial charge in [-0.25, -0.2) is 0 Å². The molecule has 0 aliphatic heterocycles. The zero-order valence-corrected chi connectivity index (χ0v) is 18.1. The average Bonchev–Trinajstić information content (AvgIpc) is 2.72. The van der Waals surface area contributed by atoms with Gasteiger partial charge in [-0.05, 0) is 86.3 Å². The van der Waals surface area contributed by atoms with E-state index in [-0.39, 0.29) is 0 Å². The van der Waals surface area contributed by atoms with Crippen LogP contribution in [0, 0.1) is 27.7 Å². The summed E-state index contributed by atoms with van der Waals surface area (Å²) in [5, 5.41) is 0. The molecule has 0 aliphatic rings. The molecule has 0 unspecified atom stereocenters. The van der Waals surface area contributed by atoms with Crippen LogP contribution in [0.15, 0.2) is 84.9 Å². The zero-order chi connectivity index (χ0) is 21.3. The fourth-order valence-corrected chi connectivity index (χ4v) is 4.00. The molecule has 30 heavy (non-hydrogen) atoms. The van der Waals surface area contributed by atoms with Crippen molar-refractivity contribution in [2.75, 3.05) is 10.6 Å². The van der Waals surface area contributed by atoms with Crippen molar-refractivity contribution in [2.45, 2.75) is 27.7 Å². The van der Waals surface area contributed by atoms with E-state index in [2.05, 4.69) is 105 Å². The van der Waals surface area contributed by atoms with Gasteiger partial charge in [0.05, 0.1) is 0 Å². The normalized spacial score (nSPS) is 10.8. The molecule has 0 aromatic heterocycles. The van der Waals surface area contributed by atoms with E-state index < -0.39 is 0 Å². The number of anilines is 4. The Morgan fingerprint density at radius 2 is 0.967 bits per heavy atom. The van der Waals surface area contributed by atoms with E-state index in [0.717, 1.165) is 11.4 Å². The molecule has 0 aliphatic carbocycles. The summed E-state index contributed by atoms with van der Waals surface area (Å²) in [5.74, 6) is 0. The Labute approximate surface area is 179 Å². The lowest BCUT2D eigenvalue weighted by molar-refractivity contribution is 1.21. The number of benzene rings is 4. The van der Waals surface area contributed by atoms with Crippen molar-refractivity contribution in [2.24, 2.45) is 0 Å². The highest BCUT2D eigenvalue weighted by atomic mass is 15.1. The fraction of sp³-hybridized carbons (Fsp3) is 0.143. The molecule has 0 saturated carbocycles. The summed E-state index contributed by atoms with van der Waals surface area (Å²) >= 11 is 0. The quantitative estimate of drug-likeness (QED) is 0.362. The first-order valence-electron chi connectivity index (χ1n) is 10.3. The van der Waals surface area contributed by atoms with Crippen LogP contribution in [-0.2, 0) is 0 Å². The molecule has 0 saturated heterocycles. The van der Waals surface area contributed by atoms with Gasteiger partial charge in [0.15, 0.2) is 0 Å². The number of rotatable bonds is 4. The van der Waals surface area contributed by atoms with Crippen molar-refractivity contribution in [1.29, 1.82) is 0 Å². The summed E-state index contributed by atoms with van der Waals surface area (Å²) in [6.07, 6.45) is 0. The van der Waals surface area contributed by atoms with Gasteiger partial charge in [0, 0.05) is 22.7 Å². The Hall–Kier alpha value is -3.52. The molecule has 0 radical (unpaired) electrons. The predicted molar refractivity (Wildman–Crippen MR) is 130 cm³/mol. The molecule has 4 aromatic carbocycles. The van der Waals surface area contributed by atoms with E-state index in [0.29, 0.717) is 0 Å². The predicted octanol–water partition coefficient (Wildman–Crippen LogP) is 7.64. The molecule has 2 heteroatoms. The first kappa shape index (κ1) is 19.8. The van der Waals surface area contributed by atoms with E-state index in [4.69, 9.17) is 5.73 Å². The van der Waals surface area contributed by atoms with Gasteiger partial charge >= 0.3 is 0 Å². The fourth-order valence-electron chi connectivity index (χ4n) is 4.00. The lowest BCUT2D eigenvalue weighted by Crippen LogP contribution is -2.12. The van der Waals surface area contributed by atoms with Gasteiger partial charge in [0.1, 0.15) is 0 Å². The number of hydrogen-bond acceptors (Lipinski definition) is 2. The molecule has 0 spiro atoms. The Balaban J connectivity index is 1.82. The summed E-state index contributed by atoms with van der Waals surface area (Å²) in [5.41, 5.74) is 17.6. The van der Waals surface area contributed by atoms with Crippen molar-refractivity contribution in [3.05, 3.63) is 107 Å². The SMILES string of the molecule is Cc1ccc(N(c2ccc(-c3ccc(N)cc3)cc2)c2ccc(C)cc2C)c(C)c1. The second-order valence-electron chi connectivity index (χ2n) is 8.08. The van der Waals surface area contributed by atoms with Crippen molar-refractivity contribution >= 4 is 22.7 Å². The summed E-state index contributed by atoms with van der Waals surface area (Å²) in [6.45, 7) is 8.64. The van der Waals surface area contributed by atoms with E-state index in [1.165, 1.54) is 44.8 Å². The lowest BCUT2D eigenvalue weighted by atomic mass is 10.0. The van der Waals surface area contributed by atoms with Crippen LogP contribution in [-0.4, -0.2) is 0 Å². The molecule has 2 nitrogen and oxygen atoms in total. The molecule has 4 aromatic rings. The topological polar surface area (TPSA) is 29.3 Å². The van der Waals surface area contributed by atoms with Gasteiger partial charge in [-0.1, -0.05) is 59.7 Å². The lowest BCUT2D eigenvalue weighted by Gasteiger charge is -2.29. The highest BCUT2D eigenvalue weighted by Crippen LogP contribution is 2.39. The van der Waals surface area contributed by atoms with Gasteiger partial charge in [0.2, 0.25) is 0 Å². The number of nitrogen functional groups attached to an aromatic ring is 1. The minimum Gasteiger partial charge on any atom is -0.399 e. The van der Waals surface area contributed by atoms with Gasteiger partial charge in [-0.3, -0.25) is 0 Å². The van der Waals surface area contributed by atoms with E-state index >= 15 is 0 Å². The van der Waals surface area contributed by atoms with Crippen LogP contribution >= 0.6 is 0 Å². The van der Waals surface area contributed by atoms with Crippen LogP contribution in [0.3, 0.4) is 0 Å². The van der Waals surface area contributed by atoms with Crippen LogP contribution in [0.4, 0.5) is 22.7 Å². The third-order valence-corrected chi connectivity index (χ3v) is 5.56.